The van der Waals surface area contributed by atoms with Gasteiger partial charge in [-0.25, -0.2) is 0 Å². The lowest BCUT2D eigenvalue weighted by Gasteiger charge is -2.12. The SMILES string of the molecule is [2H]C([2H])([2H])c1cccc(CC)c1NC(=O)CS(=O)(=O)O. The molecule has 0 radical (unpaired) electrons. The van der Waals surface area contributed by atoms with E-state index in [1.165, 1.54) is 6.07 Å². The van der Waals surface area contributed by atoms with Gasteiger partial charge in [0.15, 0.2) is 5.75 Å². The molecule has 0 atom stereocenters. The number of benzene rings is 1. The molecule has 1 aromatic rings. The molecule has 0 bridgehead atoms. The van der Waals surface area contributed by atoms with E-state index in [4.69, 9.17) is 8.67 Å². The topological polar surface area (TPSA) is 83.5 Å². The van der Waals surface area contributed by atoms with Crippen LogP contribution in [0.4, 0.5) is 5.69 Å². The number of amides is 1. The number of aryl methyl sites for hydroxylation is 2. The van der Waals surface area contributed by atoms with Gasteiger partial charge in [0.25, 0.3) is 10.1 Å². The van der Waals surface area contributed by atoms with Crippen LogP contribution in [0, 0.1) is 6.85 Å². The third-order valence-corrected chi connectivity index (χ3v) is 2.74. The van der Waals surface area contributed by atoms with E-state index in [1.54, 1.807) is 19.1 Å². The average molecular weight is 260 g/mol. The molecule has 0 aliphatic heterocycles. The molecule has 94 valence electrons. The number of anilines is 1. The quantitative estimate of drug-likeness (QED) is 0.801. The zero-order valence-corrected chi connectivity index (χ0v) is 10.0. The molecule has 0 unspecified atom stereocenters. The van der Waals surface area contributed by atoms with E-state index in [0.29, 0.717) is 12.0 Å². The third kappa shape index (κ3) is 4.16. The van der Waals surface area contributed by atoms with E-state index in [-0.39, 0.29) is 11.3 Å². The van der Waals surface area contributed by atoms with Crippen molar-refractivity contribution in [3.05, 3.63) is 29.3 Å². The van der Waals surface area contributed by atoms with Gasteiger partial charge in [0, 0.05) is 9.80 Å². The van der Waals surface area contributed by atoms with Crippen molar-refractivity contribution in [1.82, 2.24) is 0 Å². The molecule has 0 aliphatic rings. The first-order chi connectivity index (χ1) is 9.04. The fraction of sp³-hybridized carbons (Fsp3) is 0.364. The van der Waals surface area contributed by atoms with Gasteiger partial charge in [-0.3, -0.25) is 9.35 Å². The molecule has 6 heteroatoms. The summed E-state index contributed by atoms with van der Waals surface area (Å²) >= 11 is 0. The van der Waals surface area contributed by atoms with Gasteiger partial charge in [-0.05, 0) is 24.4 Å². The highest BCUT2D eigenvalue weighted by Gasteiger charge is 2.14. The van der Waals surface area contributed by atoms with Gasteiger partial charge >= 0.3 is 0 Å². The Bertz CT molecular complexity index is 611. The normalized spacial score (nSPS) is 14.6. The Morgan fingerprint density at radius 1 is 1.53 bits per heavy atom. The van der Waals surface area contributed by atoms with Crippen LogP contribution in [0.2, 0.25) is 0 Å². The van der Waals surface area contributed by atoms with E-state index in [0.717, 1.165) is 0 Å². The second-order valence-electron chi connectivity index (χ2n) is 3.47. The van der Waals surface area contributed by atoms with Crippen LogP contribution in [0.15, 0.2) is 18.2 Å². The fourth-order valence-electron chi connectivity index (χ4n) is 1.38. The van der Waals surface area contributed by atoms with Crippen molar-refractivity contribution >= 4 is 21.7 Å². The zero-order chi connectivity index (χ0) is 15.6. The lowest BCUT2D eigenvalue weighted by molar-refractivity contribution is -0.113. The first-order valence-electron chi connectivity index (χ1n) is 6.42. The number of rotatable bonds is 4. The van der Waals surface area contributed by atoms with Gasteiger partial charge in [-0.1, -0.05) is 25.1 Å². The molecule has 17 heavy (non-hydrogen) atoms. The monoisotopic (exact) mass is 260 g/mol. The Hall–Kier alpha value is -1.40. The molecule has 0 saturated carbocycles. The molecule has 5 nitrogen and oxygen atoms in total. The second-order valence-corrected chi connectivity index (χ2v) is 4.92. The molecule has 0 saturated heterocycles. The molecule has 1 amide bonds. The summed E-state index contributed by atoms with van der Waals surface area (Å²) in [5.41, 5.74) is 0.575. The molecule has 0 spiro atoms. The number of para-hydroxylation sites is 1. The summed E-state index contributed by atoms with van der Waals surface area (Å²) in [6.07, 6.45) is 0.464. The number of hydrogen-bond acceptors (Lipinski definition) is 3. The van der Waals surface area contributed by atoms with Crippen LogP contribution < -0.4 is 5.32 Å². The Balaban J connectivity index is 3.19. The maximum atomic E-state index is 11.5. The Morgan fingerprint density at radius 3 is 2.76 bits per heavy atom. The molecule has 0 fully saturated rings. The molecule has 1 rings (SSSR count). The lowest BCUT2D eigenvalue weighted by atomic mass is 10.1. The summed E-state index contributed by atoms with van der Waals surface area (Å²) in [5, 5.41) is 2.26. The molecular formula is C11H15NO4S. The van der Waals surface area contributed by atoms with E-state index in [2.05, 4.69) is 5.32 Å². The highest BCUT2D eigenvalue weighted by molar-refractivity contribution is 7.86. The fourth-order valence-corrected chi connectivity index (χ4v) is 1.79. The van der Waals surface area contributed by atoms with E-state index >= 15 is 0 Å². The van der Waals surface area contributed by atoms with Crippen molar-refractivity contribution in [3.8, 4) is 0 Å². The predicted octanol–water partition coefficient (Wildman–Crippen LogP) is 1.38. The maximum Gasteiger partial charge on any atom is 0.274 e. The minimum Gasteiger partial charge on any atom is -0.325 e. The summed E-state index contributed by atoms with van der Waals surface area (Å²) < 4.78 is 52.2. The zero-order valence-electron chi connectivity index (χ0n) is 12.2. The molecule has 0 heterocycles. The van der Waals surface area contributed by atoms with Crippen molar-refractivity contribution < 1.29 is 21.9 Å². The molecule has 2 N–H and O–H groups in total. The summed E-state index contributed by atoms with van der Waals surface area (Å²) in [4.78, 5) is 11.5. The van der Waals surface area contributed by atoms with E-state index in [1.807, 2.05) is 0 Å². The van der Waals surface area contributed by atoms with Gasteiger partial charge < -0.3 is 5.32 Å². The van der Waals surface area contributed by atoms with Crippen LogP contribution in [0.5, 0.6) is 0 Å². The average Bonchev–Trinajstić information content (AvgIpc) is 2.25. The first-order valence-corrected chi connectivity index (χ1v) is 6.53. The first kappa shape index (κ1) is 9.61. The minimum atomic E-state index is -4.46. The van der Waals surface area contributed by atoms with Crippen LogP contribution in [0.3, 0.4) is 0 Å². The highest BCUT2D eigenvalue weighted by atomic mass is 32.2. The lowest BCUT2D eigenvalue weighted by Crippen LogP contribution is -2.23. The third-order valence-electron chi connectivity index (χ3n) is 2.11. The Morgan fingerprint density at radius 2 is 2.24 bits per heavy atom. The van der Waals surface area contributed by atoms with Crippen LogP contribution in [-0.4, -0.2) is 24.6 Å². The number of carbonyl (C=O) groups excluding carboxylic acids is 1. The van der Waals surface area contributed by atoms with Crippen LogP contribution in [0.25, 0.3) is 0 Å². The Kier molecular flexibility index (Phi) is 2.99. The standard InChI is InChI=1S/C11H15NO4S/c1-3-9-6-4-5-8(2)11(9)12-10(13)7-17(14,15)16/h4-6H,3,7H2,1-2H3,(H,12,13)(H,14,15,16)/i2D3. The van der Waals surface area contributed by atoms with Crippen molar-refractivity contribution in [2.24, 2.45) is 0 Å². The second kappa shape index (κ2) is 5.29. The molecule has 0 aromatic heterocycles. The van der Waals surface area contributed by atoms with Crippen molar-refractivity contribution in [2.45, 2.75) is 20.2 Å². The van der Waals surface area contributed by atoms with E-state index in [9.17, 15) is 13.2 Å². The number of hydrogen-bond donors (Lipinski definition) is 2. The number of nitrogens with one attached hydrogen (secondary N) is 1. The van der Waals surface area contributed by atoms with E-state index < -0.39 is 28.6 Å². The summed E-state index contributed by atoms with van der Waals surface area (Å²) in [6, 6.07) is 4.53. The van der Waals surface area contributed by atoms with Gasteiger partial charge in [-0.2, -0.15) is 8.42 Å². The van der Waals surface area contributed by atoms with Gasteiger partial charge in [0.1, 0.15) is 0 Å². The predicted molar refractivity (Wildman–Crippen MR) is 65.6 cm³/mol. The van der Waals surface area contributed by atoms with Gasteiger partial charge in [0.2, 0.25) is 5.91 Å². The Labute approximate surface area is 105 Å². The molecule has 0 aliphatic carbocycles. The van der Waals surface area contributed by atoms with Crippen molar-refractivity contribution in [2.75, 3.05) is 11.1 Å². The summed E-state index contributed by atoms with van der Waals surface area (Å²) in [6.45, 7) is -0.664. The number of carbonyl (C=O) groups is 1. The largest absolute Gasteiger partial charge is 0.325 e. The van der Waals surface area contributed by atoms with Crippen LogP contribution >= 0.6 is 0 Å². The summed E-state index contributed by atoms with van der Waals surface area (Å²) in [5.74, 6) is -2.11. The smallest absolute Gasteiger partial charge is 0.274 e. The van der Waals surface area contributed by atoms with Gasteiger partial charge in [0.05, 0.1) is 0 Å². The molecule has 1 aromatic carbocycles. The minimum absolute atomic E-state index is 0.0689. The van der Waals surface area contributed by atoms with Crippen molar-refractivity contribution in [1.29, 1.82) is 0 Å². The van der Waals surface area contributed by atoms with Gasteiger partial charge in [-0.15, -0.1) is 0 Å². The highest BCUT2D eigenvalue weighted by Crippen LogP contribution is 2.20. The summed E-state index contributed by atoms with van der Waals surface area (Å²) in [7, 11) is -4.46. The van der Waals surface area contributed by atoms with Crippen LogP contribution in [-0.2, 0) is 21.3 Å². The molecular weight excluding hydrogens is 242 g/mol. The maximum absolute atomic E-state index is 11.5. The van der Waals surface area contributed by atoms with Crippen molar-refractivity contribution in [3.63, 3.8) is 0 Å². The van der Waals surface area contributed by atoms with Crippen LogP contribution in [0.1, 0.15) is 22.2 Å².